The number of hydrogen-bond acceptors (Lipinski definition) is 4. The second kappa shape index (κ2) is 7.08. The first-order valence-electron chi connectivity index (χ1n) is 9.52. The van der Waals surface area contributed by atoms with Crippen molar-refractivity contribution in [2.75, 3.05) is 37.6 Å². The first kappa shape index (κ1) is 17.0. The summed E-state index contributed by atoms with van der Waals surface area (Å²) in [6.45, 7) is 8.93. The van der Waals surface area contributed by atoms with Crippen LogP contribution in [0.25, 0.3) is 0 Å². The molecule has 1 unspecified atom stereocenters. The van der Waals surface area contributed by atoms with Crippen LogP contribution in [0.3, 0.4) is 0 Å². The van der Waals surface area contributed by atoms with Gasteiger partial charge in [0.1, 0.15) is 5.82 Å². The standard InChI is InChI=1S/C21H26N4O/c1-3-23-10-12-24(13-11-23)21(26)18-8-9-20(22-15-18)25-16(2)14-17-6-4-5-7-19(17)25/h4-9,15-16H,3,10-14H2,1-2H3. The average molecular weight is 350 g/mol. The maximum absolute atomic E-state index is 12.7. The number of pyridine rings is 1. The number of carbonyl (C=O) groups excluding carboxylic acids is 1. The third kappa shape index (κ3) is 3.07. The minimum Gasteiger partial charge on any atom is -0.336 e. The van der Waals surface area contributed by atoms with Gasteiger partial charge < -0.3 is 14.7 Å². The molecule has 1 saturated heterocycles. The lowest BCUT2D eigenvalue weighted by molar-refractivity contribution is 0.0643. The molecule has 1 fully saturated rings. The van der Waals surface area contributed by atoms with E-state index in [4.69, 9.17) is 0 Å². The lowest BCUT2D eigenvalue weighted by atomic mass is 10.1. The topological polar surface area (TPSA) is 39.7 Å². The quantitative estimate of drug-likeness (QED) is 0.853. The van der Waals surface area contributed by atoms with Gasteiger partial charge in [-0.2, -0.15) is 0 Å². The highest BCUT2D eigenvalue weighted by Gasteiger charge is 2.28. The van der Waals surface area contributed by atoms with Crippen LogP contribution in [-0.4, -0.2) is 59.5 Å². The molecule has 1 amide bonds. The molecule has 5 heteroatoms. The van der Waals surface area contributed by atoms with Crippen LogP contribution >= 0.6 is 0 Å². The molecule has 2 aliphatic heterocycles. The second-order valence-electron chi connectivity index (χ2n) is 7.18. The van der Waals surface area contributed by atoms with Crippen molar-refractivity contribution in [3.05, 3.63) is 53.7 Å². The molecule has 26 heavy (non-hydrogen) atoms. The zero-order valence-electron chi connectivity index (χ0n) is 15.6. The Kier molecular flexibility index (Phi) is 4.64. The van der Waals surface area contributed by atoms with E-state index in [0.717, 1.165) is 45.0 Å². The van der Waals surface area contributed by atoms with Gasteiger partial charge in [0.2, 0.25) is 0 Å². The van der Waals surface area contributed by atoms with E-state index >= 15 is 0 Å². The van der Waals surface area contributed by atoms with Crippen molar-refractivity contribution in [2.45, 2.75) is 26.3 Å². The number of nitrogens with zero attached hydrogens (tertiary/aromatic N) is 4. The van der Waals surface area contributed by atoms with Crippen molar-refractivity contribution in [1.29, 1.82) is 0 Å². The molecular weight excluding hydrogens is 324 g/mol. The Hall–Kier alpha value is -2.40. The Morgan fingerprint density at radius 3 is 2.58 bits per heavy atom. The van der Waals surface area contributed by atoms with Gasteiger partial charge in [0, 0.05) is 44.1 Å². The van der Waals surface area contributed by atoms with Gasteiger partial charge in [0.05, 0.1) is 5.56 Å². The molecule has 2 aromatic rings. The first-order chi connectivity index (χ1) is 12.7. The second-order valence-corrected chi connectivity index (χ2v) is 7.18. The van der Waals surface area contributed by atoms with Gasteiger partial charge >= 0.3 is 0 Å². The SMILES string of the molecule is CCN1CCN(C(=O)c2ccc(N3c4ccccc4CC3C)nc2)CC1. The summed E-state index contributed by atoms with van der Waals surface area (Å²) < 4.78 is 0. The average Bonchev–Trinajstić information content (AvgIpc) is 3.03. The normalized spacial score (nSPS) is 20.3. The summed E-state index contributed by atoms with van der Waals surface area (Å²) in [6.07, 6.45) is 2.76. The summed E-state index contributed by atoms with van der Waals surface area (Å²) in [6, 6.07) is 12.8. The maximum Gasteiger partial charge on any atom is 0.255 e. The predicted molar refractivity (Wildman–Crippen MR) is 104 cm³/mol. The highest BCUT2D eigenvalue weighted by molar-refractivity contribution is 5.94. The Morgan fingerprint density at radius 2 is 1.88 bits per heavy atom. The molecule has 0 aliphatic carbocycles. The first-order valence-corrected chi connectivity index (χ1v) is 9.52. The van der Waals surface area contributed by atoms with Gasteiger partial charge in [-0.1, -0.05) is 25.1 Å². The highest BCUT2D eigenvalue weighted by Crippen LogP contribution is 2.37. The molecule has 0 radical (unpaired) electrons. The van der Waals surface area contributed by atoms with Crippen LogP contribution in [0.2, 0.25) is 0 Å². The van der Waals surface area contributed by atoms with Gasteiger partial charge in [-0.05, 0) is 43.7 Å². The largest absolute Gasteiger partial charge is 0.336 e. The minimum absolute atomic E-state index is 0.0923. The van der Waals surface area contributed by atoms with Crippen LogP contribution in [-0.2, 0) is 6.42 Å². The molecule has 2 aliphatic rings. The summed E-state index contributed by atoms with van der Waals surface area (Å²) in [7, 11) is 0. The lowest BCUT2D eigenvalue weighted by Gasteiger charge is -2.34. The van der Waals surface area contributed by atoms with Crippen molar-refractivity contribution in [2.24, 2.45) is 0 Å². The molecule has 0 saturated carbocycles. The number of aromatic nitrogens is 1. The highest BCUT2D eigenvalue weighted by atomic mass is 16.2. The number of fused-ring (bicyclic) bond motifs is 1. The third-order valence-corrected chi connectivity index (χ3v) is 5.56. The number of rotatable bonds is 3. The predicted octanol–water partition coefficient (Wildman–Crippen LogP) is 2.94. The number of likely N-dealkylation sites (N-methyl/N-ethyl adjacent to an activating group) is 1. The molecule has 4 rings (SSSR count). The van der Waals surface area contributed by atoms with Crippen molar-refractivity contribution in [3.8, 4) is 0 Å². The Bertz CT molecular complexity index is 781. The number of anilines is 2. The van der Waals surface area contributed by atoms with Crippen LogP contribution in [0.15, 0.2) is 42.6 Å². The smallest absolute Gasteiger partial charge is 0.255 e. The van der Waals surface area contributed by atoms with Crippen molar-refractivity contribution >= 4 is 17.4 Å². The fourth-order valence-electron chi connectivity index (χ4n) is 4.02. The van der Waals surface area contributed by atoms with Gasteiger partial charge in [0.25, 0.3) is 5.91 Å². The Morgan fingerprint density at radius 1 is 1.12 bits per heavy atom. The van der Waals surface area contributed by atoms with Gasteiger partial charge in [-0.25, -0.2) is 4.98 Å². The maximum atomic E-state index is 12.7. The number of amides is 1. The zero-order chi connectivity index (χ0) is 18.1. The van der Waals surface area contributed by atoms with E-state index in [1.807, 2.05) is 17.0 Å². The van der Waals surface area contributed by atoms with Crippen molar-refractivity contribution < 1.29 is 4.79 Å². The molecule has 1 atom stereocenters. The van der Waals surface area contributed by atoms with Gasteiger partial charge in [-0.15, -0.1) is 0 Å². The fraction of sp³-hybridized carbons (Fsp3) is 0.429. The van der Waals surface area contributed by atoms with Crippen LogP contribution < -0.4 is 4.90 Å². The van der Waals surface area contributed by atoms with E-state index in [1.54, 1.807) is 6.20 Å². The summed E-state index contributed by atoms with van der Waals surface area (Å²) >= 11 is 0. The minimum atomic E-state index is 0.0923. The molecule has 136 valence electrons. The van der Waals surface area contributed by atoms with Crippen LogP contribution in [0.5, 0.6) is 0 Å². The van der Waals surface area contributed by atoms with Crippen LogP contribution in [0, 0.1) is 0 Å². The van der Waals surface area contributed by atoms with Gasteiger partial charge in [0.15, 0.2) is 0 Å². The fourth-order valence-corrected chi connectivity index (χ4v) is 4.02. The summed E-state index contributed by atoms with van der Waals surface area (Å²) in [5, 5.41) is 0. The lowest BCUT2D eigenvalue weighted by Crippen LogP contribution is -2.48. The Labute approximate surface area is 155 Å². The summed E-state index contributed by atoms with van der Waals surface area (Å²) in [4.78, 5) is 23.9. The molecule has 5 nitrogen and oxygen atoms in total. The third-order valence-electron chi connectivity index (χ3n) is 5.56. The van der Waals surface area contributed by atoms with E-state index in [9.17, 15) is 4.79 Å². The van der Waals surface area contributed by atoms with E-state index in [-0.39, 0.29) is 5.91 Å². The number of benzene rings is 1. The number of piperazine rings is 1. The van der Waals surface area contributed by atoms with Gasteiger partial charge in [-0.3, -0.25) is 4.79 Å². The van der Waals surface area contributed by atoms with Crippen LogP contribution in [0.1, 0.15) is 29.8 Å². The van der Waals surface area contributed by atoms with E-state index < -0.39 is 0 Å². The van der Waals surface area contributed by atoms with E-state index in [0.29, 0.717) is 11.6 Å². The summed E-state index contributed by atoms with van der Waals surface area (Å²) in [5.41, 5.74) is 3.26. The Balaban J connectivity index is 1.50. The van der Waals surface area contributed by atoms with Crippen molar-refractivity contribution in [3.63, 3.8) is 0 Å². The van der Waals surface area contributed by atoms with E-state index in [1.165, 1.54) is 11.3 Å². The van der Waals surface area contributed by atoms with E-state index in [2.05, 4.69) is 52.9 Å². The number of carbonyl (C=O) groups is 1. The zero-order valence-corrected chi connectivity index (χ0v) is 15.6. The van der Waals surface area contributed by atoms with Crippen LogP contribution in [0.4, 0.5) is 11.5 Å². The monoisotopic (exact) mass is 350 g/mol. The van der Waals surface area contributed by atoms with Crippen molar-refractivity contribution in [1.82, 2.24) is 14.8 Å². The molecule has 1 aromatic heterocycles. The summed E-state index contributed by atoms with van der Waals surface area (Å²) in [5.74, 6) is 1.00. The molecule has 0 spiro atoms. The number of para-hydroxylation sites is 1. The molecule has 1 aromatic carbocycles. The molecule has 0 N–H and O–H groups in total. The molecule has 0 bridgehead atoms. The molecular formula is C21H26N4O. The molecule has 3 heterocycles. The number of hydrogen-bond donors (Lipinski definition) is 0.